The predicted octanol–water partition coefficient (Wildman–Crippen LogP) is 3.96. The van der Waals surface area contributed by atoms with E-state index in [-0.39, 0.29) is 12.2 Å². The molecule has 0 unspecified atom stereocenters. The van der Waals surface area contributed by atoms with Crippen LogP contribution in [0, 0.1) is 11.3 Å². The van der Waals surface area contributed by atoms with Gasteiger partial charge >= 0.3 is 5.97 Å². The second kappa shape index (κ2) is 7.98. The summed E-state index contributed by atoms with van der Waals surface area (Å²) in [5, 5.41) is 12.6. The summed E-state index contributed by atoms with van der Waals surface area (Å²) in [7, 11) is 0. The Labute approximate surface area is 155 Å². The minimum atomic E-state index is -0.526. The number of hydrogen-bond acceptors (Lipinski definition) is 5. The topological polar surface area (TPSA) is 79.2 Å². The molecule has 0 spiro atoms. The number of amides is 1. The highest BCUT2D eigenvalue weighted by Gasteiger charge is 2.28. The molecule has 3 rings (SSSR count). The number of esters is 1. The number of thiophene rings is 1. The van der Waals surface area contributed by atoms with Gasteiger partial charge in [-0.25, -0.2) is 4.79 Å². The van der Waals surface area contributed by atoms with Gasteiger partial charge in [0.15, 0.2) is 0 Å². The number of fused-ring (bicyclic) bond motifs is 1. The maximum atomic E-state index is 12.6. The lowest BCUT2D eigenvalue weighted by molar-refractivity contribution is -0.112. The molecule has 5 nitrogen and oxygen atoms in total. The number of aryl methyl sites for hydroxylation is 1. The lowest BCUT2D eigenvalue weighted by Crippen LogP contribution is -2.16. The third-order valence-corrected chi connectivity index (χ3v) is 5.31. The van der Waals surface area contributed by atoms with Gasteiger partial charge in [0.2, 0.25) is 0 Å². The van der Waals surface area contributed by atoms with Gasteiger partial charge in [0, 0.05) is 4.88 Å². The first-order valence-electron chi connectivity index (χ1n) is 8.44. The van der Waals surface area contributed by atoms with Gasteiger partial charge in [-0.15, -0.1) is 11.3 Å². The van der Waals surface area contributed by atoms with Crippen molar-refractivity contribution in [2.45, 2.75) is 26.2 Å². The van der Waals surface area contributed by atoms with E-state index in [0.29, 0.717) is 10.6 Å². The molecule has 1 aromatic heterocycles. The molecule has 1 N–H and O–H groups in total. The molecule has 0 saturated heterocycles. The molecule has 132 valence electrons. The summed E-state index contributed by atoms with van der Waals surface area (Å²) >= 11 is 1.40. The molecule has 0 atom stereocenters. The Bertz CT molecular complexity index is 907. The van der Waals surface area contributed by atoms with E-state index in [1.807, 2.05) is 36.4 Å². The smallest absolute Gasteiger partial charge is 0.341 e. The Balaban J connectivity index is 1.89. The van der Waals surface area contributed by atoms with Crippen molar-refractivity contribution in [1.29, 1.82) is 5.26 Å². The fourth-order valence-corrected chi connectivity index (χ4v) is 4.22. The molecule has 1 aliphatic rings. The Morgan fingerprint density at radius 2 is 2.08 bits per heavy atom. The molecule has 0 bridgehead atoms. The normalized spacial score (nSPS) is 13.0. The molecular weight excluding hydrogens is 348 g/mol. The van der Waals surface area contributed by atoms with Crippen LogP contribution in [0.5, 0.6) is 0 Å². The minimum absolute atomic E-state index is 0.0143. The first-order chi connectivity index (χ1) is 12.6. The highest BCUT2D eigenvalue weighted by molar-refractivity contribution is 7.17. The van der Waals surface area contributed by atoms with Crippen molar-refractivity contribution in [3.8, 4) is 6.07 Å². The van der Waals surface area contributed by atoms with E-state index >= 15 is 0 Å². The average Bonchev–Trinajstić information content (AvgIpc) is 3.21. The molecule has 0 aliphatic heterocycles. The van der Waals surface area contributed by atoms with Gasteiger partial charge < -0.3 is 10.1 Å². The van der Waals surface area contributed by atoms with E-state index in [9.17, 15) is 14.9 Å². The van der Waals surface area contributed by atoms with Crippen LogP contribution >= 0.6 is 11.3 Å². The Hall–Kier alpha value is -2.91. The zero-order valence-corrected chi connectivity index (χ0v) is 15.2. The minimum Gasteiger partial charge on any atom is -0.462 e. The molecule has 1 heterocycles. The van der Waals surface area contributed by atoms with Crippen molar-refractivity contribution in [3.05, 3.63) is 57.5 Å². The van der Waals surface area contributed by atoms with Crippen LogP contribution in [0.1, 0.15) is 39.7 Å². The molecule has 1 amide bonds. The van der Waals surface area contributed by atoms with Crippen molar-refractivity contribution in [3.63, 3.8) is 0 Å². The summed E-state index contributed by atoms with van der Waals surface area (Å²) < 4.78 is 5.15. The summed E-state index contributed by atoms with van der Waals surface area (Å²) in [5.41, 5.74) is 2.15. The van der Waals surface area contributed by atoms with Crippen LogP contribution in [0.2, 0.25) is 0 Å². The maximum absolute atomic E-state index is 12.6. The first-order valence-corrected chi connectivity index (χ1v) is 9.25. The molecule has 0 saturated carbocycles. The molecule has 1 aromatic carbocycles. The monoisotopic (exact) mass is 366 g/mol. The largest absolute Gasteiger partial charge is 0.462 e. The van der Waals surface area contributed by atoms with Crippen LogP contribution in [-0.4, -0.2) is 18.5 Å². The molecule has 6 heteroatoms. The van der Waals surface area contributed by atoms with Crippen LogP contribution in [0.3, 0.4) is 0 Å². The van der Waals surface area contributed by atoms with Crippen LogP contribution in [0.25, 0.3) is 6.08 Å². The third-order valence-electron chi connectivity index (χ3n) is 4.10. The number of carbonyl (C=O) groups is 2. The molecule has 0 radical (unpaired) electrons. The van der Waals surface area contributed by atoms with Crippen molar-refractivity contribution in [2.75, 3.05) is 11.9 Å². The summed E-state index contributed by atoms with van der Waals surface area (Å²) in [6, 6.07) is 11.1. The molecular formula is C20H18N2O3S. The maximum Gasteiger partial charge on any atom is 0.341 e. The Morgan fingerprint density at radius 1 is 1.31 bits per heavy atom. The number of nitrogens with zero attached hydrogens (tertiary/aromatic N) is 1. The summed E-state index contributed by atoms with van der Waals surface area (Å²) in [5.74, 6) is -0.949. The van der Waals surface area contributed by atoms with Gasteiger partial charge in [-0.3, -0.25) is 4.79 Å². The van der Waals surface area contributed by atoms with Crippen LogP contribution in [0.4, 0.5) is 5.00 Å². The van der Waals surface area contributed by atoms with E-state index in [0.717, 1.165) is 35.3 Å². The van der Waals surface area contributed by atoms with Crippen molar-refractivity contribution in [2.24, 2.45) is 0 Å². The van der Waals surface area contributed by atoms with Gasteiger partial charge in [0.1, 0.15) is 16.6 Å². The standard InChI is InChI=1S/C20H18N2O3S/c1-2-25-20(24)17-15-9-6-10-16(15)26-19(17)22-18(23)14(12-21)11-13-7-4-3-5-8-13/h3-5,7-8,11H,2,6,9-10H2,1H3,(H,22,23)/b14-11+. The third kappa shape index (κ3) is 3.68. The van der Waals surface area contributed by atoms with E-state index in [1.165, 1.54) is 17.4 Å². The van der Waals surface area contributed by atoms with E-state index in [1.54, 1.807) is 6.92 Å². The fraction of sp³-hybridized carbons (Fsp3) is 0.250. The second-order valence-electron chi connectivity index (χ2n) is 5.82. The van der Waals surface area contributed by atoms with E-state index in [4.69, 9.17) is 4.74 Å². The number of rotatable bonds is 5. The van der Waals surface area contributed by atoms with Crippen molar-refractivity contribution < 1.29 is 14.3 Å². The number of nitriles is 1. The summed E-state index contributed by atoms with van der Waals surface area (Å²) in [6.45, 7) is 2.02. The van der Waals surface area contributed by atoms with Gasteiger partial charge in [0.05, 0.1) is 12.2 Å². The molecule has 2 aromatic rings. The molecule has 1 aliphatic carbocycles. The van der Waals surface area contributed by atoms with Gasteiger partial charge in [0.25, 0.3) is 5.91 Å². The average molecular weight is 366 g/mol. The first kappa shape index (κ1) is 17.9. The lowest BCUT2D eigenvalue weighted by atomic mass is 10.1. The van der Waals surface area contributed by atoms with Crippen molar-refractivity contribution in [1.82, 2.24) is 0 Å². The van der Waals surface area contributed by atoms with Gasteiger partial charge in [-0.05, 0) is 43.4 Å². The highest BCUT2D eigenvalue weighted by Crippen LogP contribution is 2.39. The number of nitrogens with one attached hydrogen (secondary N) is 1. The summed E-state index contributed by atoms with van der Waals surface area (Å²) in [6.07, 6.45) is 4.23. The number of anilines is 1. The fourth-order valence-electron chi connectivity index (χ4n) is 2.95. The Kier molecular flexibility index (Phi) is 5.49. The number of carbonyl (C=O) groups excluding carboxylic acids is 2. The number of benzene rings is 1. The molecule has 0 fully saturated rings. The lowest BCUT2D eigenvalue weighted by Gasteiger charge is -2.07. The van der Waals surface area contributed by atoms with Gasteiger partial charge in [-0.2, -0.15) is 5.26 Å². The number of hydrogen-bond donors (Lipinski definition) is 1. The predicted molar refractivity (Wildman–Crippen MR) is 101 cm³/mol. The van der Waals surface area contributed by atoms with Crippen LogP contribution in [-0.2, 0) is 22.4 Å². The Morgan fingerprint density at radius 3 is 2.77 bits per heavy atom. The number of ether oxygens (including phenoxy) is 1. The van der Waals surface area contributed by atoms with Crippen molar-refractivity contribution >= 4 is 34.3 Å². The zero-order valence-electron chi connectivity index (χ0n) is 14.4. The van der Waals surface area contributed by atoms with E-state index < -0.39 is 11.9 Å². The molecule has 26 heavy (non-hydrogen) atoms. The summed E-state index contributed by atoms with van der Waals surface area (Å²) in [4.78, 5) is 26.0. The van der Waals surface area contributed by atoms with Gasteiger partial charge in [-0.1, -0.05) is 30.3 Å². The highest BCUT2D eigenvalue weighted by atomic mass is 32.1. The quantitative estimate of drug-likeness (QED) is 0.493. The van der Waals surface area contributed by atoms with E-state index in [2.05, 4.69) is 5.32 Å². The SMILES string of the molecule is CCOC(=O)c1c(NC(=O)/C(C#N)=C/c2ccccc2)sc2c1CCC2. The second-order valence-corrected chi connectivity index (χ2v) is 6.92. The van der Waals surface area contributed by atoms with Crippen LogP contribution < -0.4 is 5.32 Å². The zero-order chi connectivity index (χ0) is 18.5. The van der Waals surface area contributed by atoms with Crippen LogP contribution in [0.15, 0.2) is 35.9 Å².